The van der Waals surface area contributed by atoms with Crippen molar-refractivity contribution in [1.29, 1.82) is 0 Å². The fourth-order valence-corrected chi connectivity index (χ4v) is 1.02. The molecule has 0 spiro atoms. The second-order valence-corrected chi connectivity index (χ2v) is 3.08. The van der Waals surface area contributed by atoms with Crippen LogP contribution < -0.4 is 12.4 Å². The first-order valence-corrected chi connectivity index (χ1v) is 5.34. The van der Waals surface area contributed by atoms with E-state index in [1.54, 1.807) is 0 Å². The molecule has 0 bridgehead atoms. The van der Waals surface area contributed by atoms with Crippen molar-refractivity contribution in [3.8, 4) is 0 Å². The van der Waals surface area contributed by atoms with Crippen molar-refractivity contribution in [2.75, 3.05) is 0 Å². The van der Waals surface area contributed by atoms with E-state index in [4.69, 9.17) is 0 Å². The molecule has 1 radical (unpaired) electrons. The van der Waals surface area contributed by atoms with Gasteiger partial charge in [-0.3, -0.25) is 12.2 Å². The van der Waals surface area contributed by atoms with Crippen LogP contribution in [0.3, 0.4) is 0 Å². The number of allylic oxidation sites excluding steroid dienone is 8. The van der Waals surface area contributed by atoms with Crippen molar-refractivity contribution in [1.82, 2.24) is 0 Å². The first-order chi connectivity index (χ1) is 8.00. The van der Waals surface area contributed by atoms with Crippen LogP contribution in [0.2, 0.25) is 0 Å². The molecule has 0 N–H and O–H groups in total. The van der Waals surface area contributed by atoms with Crippen LogP contribution >= 0.6 is 0 Å². The van der Waals surface area contributed by atoms with Gasteiger partial charge in [-0.05, 0) is 0 Å². The molecule has 3 rings (SSSR count). The Morgan fingerprint density at radius 3 is 1.33 bits per heavy atom. The van der Waals surface area contributed by atoms with Gasteiger partial charge in [0.15, 0.2) is 0 Å². The zero-order chi connectivity index (χ0) is 11.3. The van der Waals surface area contributed by atoms with Gasteiger partial charge in [-0.2, -0.15) is 48.6 Å². The first-order valence-electron chi connectivity index (χ1n) is 5.34. The molecule has 91 valence electrons. The van der Waals surface area contributed by atoms with Crippen LogP contribution in [-0.2, 0) is 26.2 Å². The summed E-state index contributed by atoms with van der Waals surface area (Å²) >= 11 is 0. The molecule has 0 fully saturated rings. The Balaban J connectivity index is 0. The maximum atomic E-state index is 2.99. The molecule has 2 aliphatic rings. The maximum Gasteiger partial charge on any atom is 3.00 e. The second kappa shape index (κ2) is 16.4. The Bertz CT molecular complexity index is 295. The van der Waals surface area contributed by atoms with E-state index in [1.165, 1.54) is 0 Å². The van der Waals surface area contributed by atoms with E-state index in [-0.39, 0.29) is 38.6 Å². The van der Waals surface area contributed by atoms with E-state index in [9.17, 15) is 0 Å². The van der Waals surface area contributed by atoms with Gasteiger partial charge >= 0.3 is 26.2 Å². The first kappa shape index (κ1) is 19.7. The molecule has 18 heavy (non-hydrogen) atoms. The smallest absolute Gasteiger partial charge is 1.00 e. The summed E-state index contributed by atoms with van der Waals surface area (Å²) in [6.07, 6.45) is 20.0. The molecule has 0 saturated heterocycles. The monoisotopic (exact) mass is 332 g/mol. The molecule has 0 heterocycles. The largest absolute Gasteiger partial charge is 3.00 e. The fourth-order valence-electron chi connectivity index (χ4n) is 1.02. The molecular weight excluding hydrogens is 319 g/mol. The minimum Gasteiger partial charge on any atom is -1.00 e. The molecule has 2 heteroatoms. The Labute approximate surface area is 136 Å². The number of rotatable bonds is 0. The van der Waals surface area contributed by atoms with Gasteiger partial charge in [-0.15, -0.1) is 12.8 Å². The zero-order valence-electron chi connectivity index (χ0n) is 10.1. The van der Waals surface area contributed by atoms with Crippen molar-refractivity contribution in [2.45, 2.75) is 12.8 Å². The van der Waals surface area contributed by atoms with Crippen molar-refractivity contribution in [3.63, 3.8) is 0 Å². The Morgan fingerprint density at radius 2 is 1.22 bits per heavy atom. The van der Waals surface area contributed by atoms with E-state index in [0.717, 1.165) is 12.8 Å². The van der Waals surface area contributed by atoms with Crippen LogP contribution in [-0.4, -0.2) is 0 Å². The van der Waals surface area contributed by atoms with Gasteiger partial charge in [0.2, 0.25) is 0 Å². The van der Waals surface area contributed by atoms with E-state index >= 15 is 0 Å². The predicted octanol–water partition coefficient (Wildman–Crippen LogP) is 1.10. The maximum absolute atomic E-state index is 2.99. The Hall–Kier alpha value is -0.647. The fraction of sp³-hybridized carbons (Fsp3) is 0.125. The van der Waals surface area contributed by atoms with E-state index in [0.29, 0.717) is 0 Å². The van der Waals surface area contributed by atoms with Gasteiger partial charge in [0.25, 0.3) is 0 Å². The quantitative estimate of drug-likeness (QED) is 0.624. The minimum atomic E-state index is 0. The predicted molar refractivity (Wildman–Crippen MR) is 68.4 cm³/mol. The Kier molecular flexibility index (Phi) is 17.9. The minimum absolute atomic E-state index is 0. The molecule has 0 atom stereocenters. The van der Waals surface area contributed by atoms with Gasteiger partial charge in [-0.1, -0.05) is 0 Å². The summed E-state index contributed by atoms with van der Waals surface area (Å²) in [6.45, 7) is 0. The van der Waals surface area contributed by atoms with Gasteiger partial charge < -0.3 is 12.4 Å². The SMILES string of the molecule is [C-]1=CC=CC1.[C-]1=CC=CC1.[Cl-].[Zr+3].[c-]1ccccc1. The molecular formula is C16H15ClZr-. The van der Waals surface area contributed by atoms with E-state index < -0.39 is 0 Å². The molecule has 0 amide bonds. The molecule has 0 saturated carbocycles. The van der Waals surface area contributed by atoms with Crippen molar-refractivity contribution in [2.24, 2.45) is 0 Å². The van der Waals surface area contributed by atoms with Gasteiger partial charge in [0, 0.05) is 0 Å². The standard InChI is InChI=1S/C6H5.2C5H5.ClH.Zr/c1-2-4-6-5-3-1;2*1-2-4-5-3-1;;/h1-5H;2*1-3H,4H2;1H;/q3*-1;;+3/p-1. The van der Waals surface area contributed by atoms with Crippen LogP contribution in [0.25, 0.3) is 0 Å². The Morgan fingerprint density at radius 1 is 0.722 bits per heavy atom. The molecule has 1 aromatic carbocycles. The third kappa shape index (κ3) is 13.4. The summed E-state index contributed by atoms with van der Waals surface area (Å²) in [6, 6.07) is 12.5. The average Bonchev–Trinajstić information content (AvgIpc) is 3.10. The average molecular weight is 334 g/mol. The van der Waals surface area contributed by atoms with Crippen LogP contribution in [0.1, 0.15) is 12.8 Å². The summed E-state index contributed by atoms with van der Waals surface area (Å²) in [5.41, 5.74) is 0. The third-order valence-corrected chi connectivity index (χ3v) is 1.78. The van der Waals surface area contributed by atoms with Gasteiger partial charge in [0.05, 0.1) is 0 Å². The second-order valence-electron chi connectivity index (χ2n) is 3.08. The molecule has 2 aliphatic carbocycles. The number of halogens is 1. The summed E-state index contributed by atoms with van der Waals surface area (Å²) in [5.74, 6) is 0. The van der Waals surface area contributed by atoms with Crippen LogP contribution in [0.5, 0.6) is 0 Å². The third-order valence-electron chi connectivity index (χ3n) is 1.78. The number of benzene rings is 1. The number of hydrogen-bond acceptors (Lipinski definition) is 0. The van der Waals surface area contributed by atoms with Crippen molar-refractivity contribution >= 4 is 0 Å². The van der Waals surface area contributed by atoms with Crippen LogP contribution in [0.15, 0.2) is 66.8 Å². The molecule has 1 aromatic rings. The summed E-state index contributed by atoms with van der Waals surface area (Å²) in [7, 11) is 0. The van der Waals surface area contributed by atoms with Crippen LogP contribution in [0, 0.1) is 18.2 Å². The van der Waals surface area contributed by atoms with Crippen molar-refractivity contribution in [3.05, 3.63) is 85.0 Å². The van der Waals surface area contributed by atoms with Crippen molar-refractivity contribution < 1.29 is 38.6 Å². The van der Waals surface area contributed by atoms with E-state index in [2.05, 4.69) is 30.4 Å². The molecule has 0 aromatic heterocycles. The van der Waals surface area contributed by atoms with Gasteiger partial charge in [0.1, 0.15) is 0 Å². The summed E-state index contributed by atoms with van der Waals surface area (Å²) < 4.78 is 0. The normalized spacial score (nSPS) is 12.4. The van der Waals surface area contributed by atoms with E-state index in [1.807, 2.05) is 54.6 Å². The summed E-state index contributed by atoms with van der Waals surface area (Å²) in [4.78, 5) is 0. The van der Waals surface area contributed by atoms with Crippen LogP contribution in [0.4, 0.5) is 0 Å². The molecule has 0 nitrogen and oxygen atoms in total. The topological polar surface area (TPSA) is 0 Å². The zero-order valence-corrected chi connectivity index (χ0v) is 13.4. The van der Waals surface area contributed by atoms with Gasteiger partial charge in [-0.25, -0.2) is 24.3 Å². The molecule has 0 unspecified atom stereocenters. The summed E-state index contributed by atoms with van der Waals surface area (Å²) in [5, 5.41) is 0. The number of hydrogen-bond donors (Lipinski definition) is 0. The molecule has 0 aliphatic heterocycles.